The van der Waals surface area contributed by atoms with Crippen molar-refractivity contribution in [3.8, 4) is 5.75 Å². The number of alkyl halides is 3. The van der Waals surface area contributed by atoms with Gasteiger partial charge in [0.15, 0.2) is 0 Å². The van der Waals surface area contributed by atoms with Gasteiger partial charge >= 0.3 is 12.3 Å². The van der Waals surface area contributed by atoms with Crippen LogP contribution in [0.1, 0.15) is 40.2 Å². The monoisotopic (exact) mass is 443 g/mol. The molecule has 0 bridgehead atoms. The van der Waals surface area contributed by atoms with Crippen molar-refractivity contribution in [2.75, 3.05) is 19.7 Å². The fourth-order valence-corrected chi connectivity index (χ4v) is 3.83. The molecule has 1 unspecified atom stereocenters. The predicted molar refractivity (Wildman–Crippen MR) is 105 cm³/mol. The summed E-state index contributed by atoms with van der Waals surface area (Å²) in [5.74, 6) is -0.649. The highest BCUT2D eigenvalue weighted by Crippen LogP contribution is 2.52. The SMILES string of the molecule is CC(C)(COc1cnccc1C(F)(F)F)NC(=O)C1[C@H]2CN(C(=O)OC(C)(C)C)C[C@@H]12. The van der Waals surface area contributed by atoms with E-state index in [0.29, 0.717) is 13.1 Å². The number of hydrogen-bond acceptors (Lipinski definition) is 5. The number of nitrogens with zero attached hydrogens (tertiary/aromatic N) is 2. The zero-order valence-electron chi connectivity index (χ0n) is 18.2. The third-order valence-electron chi connectivity index (χ3n) is 5.29. The van der Waals surface area contributed by atoms with Gasteiger partial charge in [-0.3, -0.25) is 9.78 Å². The second kappa shape index (κ2) is 7.87. The van der Waals surface area contributed by atoms with Crippen molar-refractivity contribution < 1.29 is 32.2 Å². The maximum Gasteiger partial charge on any atom is 0.420 e. The Morgan fingerprint density at radius 3 is 2.32 bits per heavy atom. The molecule has 1 saturated carbocycles. The van der Waals surface area contributed by atoms with Gasteiger partial charge in [-0.1, -0.05) is 0 Å². The van der Waals surface area contributed by atoms with Gasteiger partial charge in [0.2, 0.25) is 5.91 Å². The minimum Gasteiger partial charge on any atom is -0.489 e. The summed E-state index contributed by atoms with van der Waals surface area (Å²) in [5, 5.41) is 2.86. The second-order valence-corrected chi connectivity index (χ2v) is 9.77. The number of carbonyl (C=O) groups is 2. The summed E-state index contributed by atoms with van der Waals surface area (Å²) in [6.45, 7) is 9.51. The maximum atomic E-state index is 13.1. The number of piperidine rings is 1. The molecule has 3 rings (SSSR count). The molecule has 0 radical (unpaired) electrons. The number of pyridine rings is 1. The average molecular weight is 443 g/mol. The third-order valence-corrected chi connectivity index (χ3v) is 5.29. The Morgan fingerprint density at radius 2 is 1.77 bits per heavy atom. The number of hydrogen-bond donors (Lipinski definition) is 1. The molecule has 1 aromatic rings. The summed E-state index contributed by atoms with van der Waals surface area (Å²) >= 11 is 0. The number of rotatable bonds is 5. The Labute approximate surface area is 179 Å². The normalized spacial score (nSPS) is 23.2. The van der Waals surface area contributed by atoms with Crippen LogP contribution < -0.4 is 10.1 Å². The lowest BCUT2D eigenvalue weighted by atomic mass is 10.1. The van der Waals surface area contributed by atoms with E-state index in [9.17, 15) is 22.8 Å². The predicted octanol–water partition coefficient (Wildman–Crippen LogP) is 3.49. The van der Waals surface area contributed by atoms with E-state index >= 15 is 0 Å². The summed E-state index contributed by atoms with van der Waals surface area (Å²) in [6, 6.07) is 0.850. The van der Waals surface area contributed by atoms with E-state index in [1.807, 2.05) is 0 Å². The Kier molecular flexibility index (Phi) is 5.88. The zero-order chi connectivity index (χ0) is 23.2. The van der Waals surface area contributed by atoms with Crippen molar-refractivity contribution >= 4 is 12.0 Å². The van der Waals surface area contributed by atoms with E-state index < -0.39 is 22.9 Å². The van der Waals surface area contributed by atoms with Crippen molar-refractivity contribution in [2.24, 2.45) is 17.8 Å². The highest BCUT2D eigenvalue weighted by atomic mass is 19.4. The van der Waals surface area contributed by atoms with E-state index in [0.717, 1.165) is 18.5 Å². The number of carbonyl (C=O) groups excluding carboxylic acids is 2. The Balaban J connectivity index is 1.51. The summed E-state index contributed by atoms with van der Waals surface area (Å²) in [5.41, 5.74) is -2.38. The molecule has 1 aromatic heterocycles. The molecule has 31 heavy (non-hydrogen) atoms. The lowest BCUT2D eigenvalue weighted by molar-refractivity contribution is -0.139. The molecular weight excluding hydrogens is 415 g/mol. The minimum atomic E-state index is -4.56. The van der Waals surface area contributed by atoms with Gasteiger partial charge in [-0.25, -0.2) is 4.79 Å². The van der Waals surface area contributed by atoms with Crippen molar-refractivity contribution in [3.63, 3.8) is 0 Å². The molecule has 1 saturated heterocycles. The van der Waals surface area contributed by atoms with E-state index in [4.69, 9.17) is 9.47 Å². The van der Waals surface area contributed by atoms with Crippen LogP contribution in [-0.2, 0) is 15.7 Å². The highest BCUT2D eigenvalue weighted by molar-refractivity contribution is 5.84. The van der Waals surface area contributed by atoms with E-state index in [1.165, 1.54) is 0 Å². The Bertz CT molecular complexity index is 839. The molecule has 172 valence electrons. The van der Waals surface area contributed by atoms with E-state index in [1.54, 1.807) is 39.5 Å². The first kappa shape index (κ1) is 23.1. The molecule has 2 fully saturated rings. The van der Waals surface area contributed by atoms with Crippen LogP contribution in [0.4, 0.5) is 18.0 Å². The van der Waals surface area contributed by atoms with Gasteiger partial charge in [-0.2, -0.15) is 13.2 Å². The Hall–Kier alpha value is -2.52. The van der Waals surface area contributed by atoms with E-state index in [-0.39, 0.29) is 42.1 Å². The largest absolute Gasteiger partial charge is 0.489 e. The fraction of sp³-hybridized carbons (Fsp3) is 0.667. The maximum absolute atomic E-state index is 13.1. The molecule has 1 aliphatic carbocycles. The molecule has 0 aromatic carbocycles. The number of nitrogens with one attached hydrogen (secondary N) is 1. The third kappa shape index (κ3) is 5.59. The van der Waals surface area contributed by atoms with Gasteiger partial charge < -0.3 is 19.7 Å². The topological polar surface area (TPSA) is 80.8 Å². The molecule has 7 nitrogen and oxygen atoms in total. The molecule has 1 aliphatic heterocycles. The van der Waals surface area contributed by atoms with Crippen LogP contribution in [0.2, 0.25) is 0 Å². The smallest absolute Gasteiger partial charge is 0.420 e. The molecule has 1 N–H and O–H groups in total. The average Bonchev–Trinajstić information content (AvgIpc) is 3.12. The van der Waals surface area contributed by atoms with Gasteiger partial charge in [-0.05, 0) is 52.5 Å². The van der Waals surface area contributed by atoms with Crippen LogP contribution in [0.15, 0.2) is 18.5 Å². The van der Waals surface area contributed by atoms with Crippen molar-refractivity contribution in [2.45, 2.75) is 51.9 Å². The molecule has 2 aliphatic rings. The number of amides is 2. The van der Waals surface area contributed by atoms with Gasteiger partial charge in [0.1, 0.15) is 23.5 Å². The highest BCUT2D eigenvalue weighted by Gasteiger charge is 2.61. The first-order valence-electron chi connectivity index (χ1n) is 10.1. The summed E-state index contributed by atoms with van der Waals surface area (Å²) in [6.07, 6.45) is -2.88. The lowest BCUT2D eigenvalue weighted by Gasteiger charge is -2.28. The summed E-state index contributed by atoms with van der Waals surface area (Å²) in [4.78, 5) is 30.1. The van der Waals surface area contributed by atoms with Crippen LogP contribution in [0.5, 0.6) is 5.75 Å². The van der Waals surface area contributed by atoms with Gasteiger partial charge in [0.05, 0.1) is 11.7 Å². The van der Waals surface area contributed by atoms with Gasteiger partial charge in [-0.15, -0.1) is 0 Å². The van der Waals surface area contributed by atoms with Crippen LogP contribution in [0.25, 0.3) is 0 Å². The number of fused-ring (bicyclic) bond motifs is 1. The molecule has 2 amide bonds. The second-order valence-electron chi connectivity index (χ2n) is 9.77. The standard InChI is InChI=1S/C21H28F3N3O4/c1-19(2,3)31-18(29)27-9-12-13(10-27)16(12)17(28)26-20(4,5)11-30-15-8-25-7-6-14(15)21(22,23)24/h6-8,12-13,16H,9-11H2,1-5H3,(H,26,28)/t12-,13+,16?. The van der Waals surface area contributed by atoms with Crippen LogP contribution >= 0.6 is 0 Å². The quantitative estimate of drug-likeness (QED) is 0.754. The number of aromatic nitrogens is 1. The number of halogens is 3. The van der Waals surface area contributed by atoms with Crippen molar-refractivity contribution in [1.82, 2.24) is 15.2 Å². The number of likely N-dealkylation sites (tertiary alicyclic amines) is 1. The van der Waals surface area contributed by atoms with Gasteiger partial charge in [0, 0.05) is 25.2 Å². The lowest BCUT2D eigenvalue weighted by Crippen LogP contribution is -2.49. The van der Waals surface area contributed by atoms with Crippen LogP contribution in [0.3, 0.4) is 0 Å². The van der Waals surface area contributed by atoms with Crippen LogP contribution in [0, 0.1) is 17.8 Å². The fourth-order valence-electron chi connectivity index (χ4n) is 3.83. The Morgan fingerprint density at radius 1 is 1.16 bits per heavy atom. The first-order chi connectivity index (χ1) is 14.2. The van der Waals surface area contributed by atoms with E-state index in [2.05, 4.69) is 10.3 Å². The molecule has 10 heteroatoms. The molecular formula is C21H28F3N3O4. The minimum absolute atomic E-state index is 0.0689. The summed E-state index contributed by atoms with van der Waals surface area (Å²) < 4.78 is 50.0. The van der Waals surface area contributed by atoms with Crippen molar-refractivity contribution in [1.29, 1.82) is 0 Å². The summed E-state index contributed by atoms with van der Waals surface area (Å²) in [7, 11) is 0. The van der Waals surface area contributed by atoms with Crippen LogP contribution in [-0.4, -0.2) is 52.7 Å². The van der Waals surface area contributed by atoms with Gasteiger partial charge in [0.25, 0.3) is 0 Å². The van der Waals surface area contributed by atoms with Crippen molar-refractivity contribution in [3.05, 3.63) is 24.0 Å². The number of ether oxygens (including phenoxy) is 2. The zero-order valence-corrected chi connectivity index (χ0v) is 18.2. The molecule has 0 spiro atoms. The first-order valence-corrected chi connectivity index (χ1v) is 10.1. The molecule has 2 heterocycles. The molecule has 3 atom stereocenters.